The summed E-state index contributed by atoms with van der Waals surface area (Å²) in [6, 6.07) is 9.57. The summed E-state index contributed by atoms with van der Waals surface area (Å²) >= 11 is 1.46. The summed E-state index contributed by atoms with van der Waals surface area (Å²) in [6.45, 7) is 0.427. The van der Waals surface area contributed by atoms with Gasteiger partial charge in [-0.3, -0.25) is 14.8 Å². The number of para-hydroxylation sites is 1. The molecule has 0 saturated heterocycles. The lowest BCUT2D eigenvalue weighted by atomic mass is 10.0. The molecule has 1 aliphatic rings. The minimum atomic E-state index is -0.138. The van der Waals surface area contributed by atoms with Crippen molar-refractivity contribution in [1.29, 1.82) is 0 Å². The van der Waals surface area contributed by atoms with Crippen LogP contribution in [0.3, 0.4) is 0 Å². The molecule has 1 aliphatic heterocycles. The molecular weight excluding hydrogens is 360 g/mol. The maximum absolute atomic E-state index is 12.5. The Labute approximate surface area is 161 Å². The third-order valence-corrected chi connectivity index (χ3v) is 5.08. The molecule has 136 valence electrons. The van der Waals surface area contributed by atoms with Crippen LogP contribution in [0.5, 0.6) is 5.75 Å². The first-order chi connectivity index (χ1) is 13.3. The van der Waals surface area contributed by atoms with Crippen LogP contribution in [0.25, 0.3) is 11.3 Å². The van der Waals surface area contributed by atoms with Crippen molar-refractivity contribution in [3.05, 3.63) is 66.2 Å². The number of aromatic nitrogens is 3. The molecule has 7 heteroatoms. The number of nitrogens with one attached hydrogen (secondary N) is 1. The average molecular weight is 378 g/mol. The van der Waals surface area contributed by atoms with Gasteiger partial charge in [0.1, 0.15) is 16.9 Å². The Kier molecular flexibility index (Phi) is 5.02. The van der Waals surface area contributed by atoms with Crippen molar-refractivity contribution >= 4 is 17.7 Å². The maximum Gasteiger partial charge on any atom is 0.254 e. The molecule has 0 saturated carbocycles. The van der Waals surface area contributed by atoms with Gasteiger partial charge in [0.15, 0.2) is 0 Å². The summed E-state index contributed by atoms with van der Waals surface area (Å²) in [5, 5.41) is 3.68. The highest BCUT2D eigenvalue weighted by Crippen LogP contribution is 2.37. The predicted molar refractivity (Wildman–Crippen MR) is 104 cm³/mol. The van der Waals surface area contributed by atoms with E-state index in [9.17, 15) is 4.79 Å². The predicted octanol–water partition coefficient (Wildman–Crippen LogP) is 2.99. The lowest BCUT2D eigenvalue weighted by Crippen LogP contribution is -2.34. The molecule has 3 heterocycles. The molecule has 0 spiro atoms. The highest BCUT2D eigenvalue weighted by atomic mass is 32.2. The van der Waals surface area contributed by atoms with E-state index in [2.05, 4.69) is 20.3 Å². The normalized spacial score (nSPS) is 15.1. The number of rotatable bonds is 5. The summed E-state index contributed by atoms with van der Waals surface area (Å²) in [7, 11) is 0. The molecule has 27 heavy (non-hydrogen) atoms. The number of nitrogens with zero attached hydrogens (tertiary/aromatic N) is 3. The number of benzene rings is 1. The van der Waals surface area contributed by atoms with E-state index >= 15 is 0 Å². The number of ether oxygens (including phenoxy) is 1. The minimum absolute atomic E-state index is 0.115. The van der Waals surface area contributed by atoms with Crippen molar-refractivity contribution in [1.82, 2.24) is 20.3 Å². The van der Waals surface area contributed by atoms with Crippen LogP contribution in [-0.4, -0.2) is 39.8 Å². The number of fused-ring (bicyclic) bond motifs is 1. The van der Waals surface area contributed by atoms with Crippen molar-refractivity contribution in [2.75, 3.05) is 12.8 Å². The summed E-state index contributed by atoms with van der Waals surface area (Å²) in [6.07, 6.45) is 9.26. The largest absolute Gasteiger partial charge is 0.487 e. The Bertz CT molecular complexity index is 965. The quantitative estimate of drug-likeness (QED) is 0.688. The van der Waals surface area contributed by atoms with Gasteiger partial charge in [0.05, 0.1) is 24.0 Å². The van der Waals surface area contributed by atoms with E-state index in [1.807, 2.05) is 24.5 Å². The van der Waals surface area contributed by atoms with Crippen LogP contribution >= 0.6 is 11.8 Å². The first-order valence-corrected chi connectivity index (χ1v) is 9.81. The van der Waals surface area contributed by atoms with Gasteiger partial charge in [-0.1, -0.05) is 12.1 Å². The molecule has 3 aromatic rings. The Balaban J connectivity index is 1.46. The zero-order valence-electron chi connectivity index (χ0n) is 14.8. The maximum atomic E-state index is 12.5. The van der Waals surface area contributed by atoms with Gasteiger partial charge in [0, 0.05) is 30.6 Å². The SMILES string of the molecule is CSc1ncccc1C(=O)NC[C@@H]1Cc2cccc(-c3cnccn3)c2O1. The number of amides is 1. The van der Waals surface area contributed by atoms with Crippen LogP contribution in [0, 0.1) is 0 Å². The van der Waals surface area contributed by atoms with Crippen molar-refractivity contribution in [3.63, 3.8) is 0 Å². The first-order valence-electron chi connectivity index (χ1n) is 8.58. The second-order valence-corrected chi connectivity index (χ2v) is 6.89. The first kappa shape index (κ1) is 17.5. The molecule has 0 bridgehead atoms. The summed E-state index contributed by atoms with van der Waals surface area (Å²) < 4.78 is 6.13. The van der Waals surface area contributed by atoms with E-state index in [0.29, 0.717) is 12.1 Å². The van der Waals surface area contributed by atoms with Crippen LogP contribution < -0.4 is 10.1 Å². The van der Waals surface area contributed by atoms with E-state index in [1.165, 1.54) is 11.8 Å². The van der Waals surface area contributed by atoms with E-state index in [1.54, 1.807) is 36.9 Å². The Morgan fingerprint density at radius 2 is 2.15 bits per heavy atom. The fourth-order valence-corrected chi connectivity index (χ4v) is 3.67. The number of hydrogen-bond donors (Lipinski definition) is 1. The van der Waals surface area contributed by atoms with Crippen molar-refractivity contribution in [3.8, 4) is 17.0 Å². The van der Waals surface area contributed by atoms with Crippen molar-refractivity contribution < 1.29 is 9.53 Å². The lowest BCUT2D eigenvalue weighted by Gasteiger charge is -2.14. The molecule has 1 amide bonds. The molecule has 0 fully saturated rings. The molecule has 6 nitrogen and oxygen atoms in total. The van der Waals surface area contributed by atoms with Gasteiger partial charge in [-0.05, 0) is 30.0 Å². The zero-order chi connectivity index (χ0) is 18.6. The van der Waals surface area contributed by atoms with Gasteiger partial charge < -0.3 is 10.1 Å². The third kappa shape index (κ3) is 3.64. The summed E-state index contributed by atoms with van der Waals surface area (Å²) in [5.41, 5.74) is 3.40. The van der Waals surface area contributed by atoms with E-state index in [0.717, 1.165) is 34.0 Å². The number of pyridine rings is 1. The minimum Gasteiger partial charge on any atom is -0.487 e. The second kappa shape index (κ2) is 7.75. The molecule has 0 radical (unpaired) electrons. The Hall–Kier alpha value is -2.93. The highest BCUT2D eigenvalue weighted by molar-refractivity contribution is 7.98. The third-order valence-electron chi connectivity index (χ3n) is 4.37. The molecule has 2 aromatic heterocycles. The number of thioether (sulfide) groups is 1. The van der Waals surface area contributed by atoms with Gasteiger partial charge in [-0.15, -0.1) is 11.8 Å². The summed E-state index contributed by atoms with van der Waals surface area (Å²) in [4.78, 5) is 25.2. The van der Waals surface area contributed by atoms with Gasteiger partial charge in [-0.2, -0.15) is 0 Å². The van der Waals surface area contributed by atoms with E-state index in [-0.39, 0.29) is 12.0 Å². The van der Waals surface area contributed by atoms with Gasteiger partial charge in [0.2, 0.25) is 0 Å². The molecule has 1 N–H and O–H groups in total. The molecule has 1 atom stereocenters. The summed E-state index contributed by atoms with van der Waals surface area (Å²) in [5.74, 6) is 0.685. The molecule has 0 unspecified atom stereocenters. The number of hydrogen-bond acceptors (Lipinski definition) is 6. The fourth-order valence-electron chi connectivity index (χ4n) is 3.12. The monoisotopic (exact) mass is 378 g/mol. The molecule has 4 rings (SSSR count). The average Bonchev–Trinajstić information content (AvgIpc) is 3.15. The Morgan fingerprint density at radius 1 is 1.22 bits per heavy atom. The standard InChI is InChI=1S/C20H18N4O2S/c1-27-20-16(6-3-7-23-20)19(25)24-11-14-10-13-4-2-5-15(18(13)26-14)17-12-21-8-9-22-17/h2-9,12,14H,10-11H2,1H3,(H,24,25)/t14-/m0/s1. The molecule has 0 aliphatic carbocycles. The lowest BCUT2D eigenvalue weighted by molar-refractivity contribution is 0.0930. The van der Waals surface area contributed by atoms with E-state index < -0.39 is 0 Å². The highest BCUT2D eigenvalue weighted by Gasteiger charge is 2.26. The van der Waals surface area contributed by atoms with Crippen LogP contribution in [0.4, 0.5) is 0 Å². The van der Waals surface area contributed by atoms with Crippen LogP contribution in [-0.2, 0) is 6.42 Å². The number of carbonyl (C=O) groups excluding carboxylic acids is 1. The van der Waals surface area contributed by atoms with Crippen LogP contribution in [0.2, 0.25) is 0 Å². The topological polar surface area (TPSA) is 77.0 Å². The van der Waals surface area contributed by atoms with Gasteiger partial charge in [0.25, 0.3) is 5.91 Å². The molecule has 1 aromatic carbocycles. The fraction of sp³-hybridized carbons (Fsp3) is 0.200. The smallest absolute Gasteiger partial charge is 0.254 e. The van der Waals surface area contributed by atoms with Crippen LogP contribution in [0.1, 0.15) is 15.9 Å². The van der Waals surface area contributed by atoms with Crippen LogP contribution in [0.15, 0.2) is 60.1 Å². The zero-order valence-corrected chi connectivity index (χ0v) is 15.6. The Morgan fingerprint density at radius 3 is 2.96 bits per heavy atom. The second-order valence-electron chi connectivity index (χ2n) is 6.10. The molecular formula is C20H18N4O2S. The van der Waals surface area contributed by atoms with Gasteiger partial charge in [-0.25, -0.2) is 4.98 Å². The van der Waals surface area contributed by atoms with Crippen molar-refractivity contribution in [2.45, 2.75) is 17.6 Å². The van der Waals surface area contributed by atoms with Gasteiger partial charge >= 0.3 is 0 Å². The van der Waals surface area contributed by atoms with Crippen molar-refractivity contribution in [2.24, 2.45) is 0 Å². The number of carbonyl (C=O) groups is 1. The van der Waals surface area contributed by atoms with E-state index in [4.69, 9.17) is 4.74 Å².